The lowest BCUT2D eigenvalue weighted by Gasteiger charge is -2.41. The number of ether oxygens (including phenoxy) is 1. The summed E-state index contributed by atoms with van der Waals surface area (Å²) in [5, 5.41) is 7.55. The molecule has 3 aromatic rings. The van der Waals surface area contributed by atoms with Crippen molar-refractivity contribution in [1.29, 1.82) is 0 Å². The molecule has 0 radical (unpaired) electrons. The summed E-state index contributed by atoms with van der Waals surface area (Å²) in [7, 11) is 1.60. The molecule has 7 nitrogen and oxygen atoms in total. The van der Waals surface area contributed by atoms with Crippen LogP contribution in [0.5, 0.6) is 5.75 Å². The highest BCUT2D eigenvalue weighted by Gasteiger charge is 2.37. The molecule has 1 saturated heterocycles. The van der Waals surface area contributed by atoms with Crippen molar-refractivity contribution in [2.75, 3.05) is 30.0 Å². The summed E-state index contributed by atoms with van der Waals surface area (Å²) in [6, 6.07) is 19.1. The van der Waals surface area contributed by atoms with E-state index in [1.54, 1.807) is 55.3 Å². The molecule has 1 atom stereocenters. The highest BCUT2D eigenvalue weighted by Crippen LogP contribution is 2.40. The van der Waals surface area contributed by atoms with Crippen molar-refractivity contribution in [2.24, 2.45) is 4.99 Å². The Balaban J connectivity index is 1.46. The molecule has 2 N–H and O–H groups in total. The van der Waals surface area contributed by atoms with Crippen LogP contribution in [0.25, 0.3) is 0 Å². The Bertz CT molecular complexity index is 1490. The molecule has 39 heavy (non-hydrogen) atoms. The van der Waals surface area contributed by atoms with Crippen molar-refractivity contribution in [3.63, 3.8) is 0 Å². The zero-order valence-electron chi connectivity index (χ0n) is 21.3. The summed E-state index contributed by atoms with van der Waals surface area (Å²) in [6.45, 7) is 2.63. The molecule has 0 aromatic heterocycles. The third-order valence-corrected chi connectivity index (χ3v) is 8.31. The van der Waals surface area contributed by atoms with Gasteiger partial charge in [-0.25, -0.2) is 4.99 Å². The molecule has 5 rings (SSSR count). The van der Waals surface area contributed by atoms with Gasteiger partial charge in [-0.15, -0.1) is 0 Å². The Hall–Kier alpha value is -3.46. The van der Waals surface area contributed by atoms with Crippen LogP contribution in [0.1, 0.15) is 35.3 Å². The minimum atomic E-state index is -0.370. The highest BCUT2D eigenvalue weighted by molar-refractivity contribution is 8.13. The van der Waals surface area contributed by atoms with Gasteiger partial charge in [-0.05, 0) is 73.5 Å². The Morgan fingerprint density at radius 3 is 2.49 bits per heavy atom. The van der Waals surface area contributed by atoms with Gasteiger partial charge < -0.3 is 20.3 Å². The number of rotatable bonds is 6. The molecule has 2 aliphatic heterocycles. The minimum Gasteiger partial charge on any atom is -0.497 e. The summed E-state index contributed by atoms with van der Waals surface area (Å²) >= 11 is 13.8. The van der Waals surface area contributed by atoms with Gasteiger partial charge in [0.15, 0.2) is 5.17 Å². The summed E-state index contributed by atoms with van der Waals surface area (Å²) in [5.41, 5.74) is 3.75. The van der Waals surface area contributed by atoms with Crippen LogP contribution in [0.15, 0.2) is 83.0 Å². The monoisotopic (exact) mass is 580 g/mol. The highest BCUT2D eigenvalue weighted by atomic mass is 35.5. The third kappa shape index (κ3) is 5.93. The summed E-state index contributed by atoms with van der Waals surface area (Å²) in [4.78, 5) is 33.6. The molecule has 2 aliphatic rings. The number of nitrogens with one attached hydrogen (secondary N) is 2. The number of anilines is 2. The lowest BCUT2D eigenvalue weighted by Crippen LogP contribution is -2.43. The van der Waals surface area contributed by atoms with Gasteiger partial charge >= 0.3 is 0 Å². The summed E-state index contributed by atoms with van der Waals surface area (Å²) in [6.07, 6.45) is 0.973. The van der Waals surface area contributed by atoms with E-state index in [4.69, 9.17) is 32.9 Å². The molecule has 0 aliphatic carbocycles. The van der Waals surface area contributed by atoms with Crippen LogP contribution in [-0.2, 0) is 4.79 Å². The largest absolute Gasteiger partial charge is 0.497 e. The first-order valence-corrected chi connectivity index (χ1v) is 14.1. The molecule has 3 aromatic carbocycles. The minimum absolute atomic E-state index is 0.230. The number of thioether (sulfide) groups is 1. The number of hydrogen-bond donors (Lipinski definition) is 2. The van der Waals surface area contributed by atoms with Gasteiger partial charge in [0.1, 0.15) is 5.75 Å². The fourth-order valence-corrected chi connectivity index (χ4v) is 5.92. The molecule has 0 spiro atoms. The number of hydrogen-bond acceptors (Lipinski definition) is 6. The number of benzene rings is 3. The smallest absolute Gasteiger partial charge is 0.255 e. The SMILES string of the molecule is COc1ccc(NC(=O)C2=C(C)N=C3SCCCN3[C@@H]2c2cccc(NC(=O)c3ccc(Cl)c(Cl)c3)c2)cc1. The first kappa shape index (κ1) is 27.1. The maximum absolute atomic E-state index is 13.7. The zero-order valence-corrected chi connectivity index (χ0v) is 23.7. The van der Waals surface area contributed by atoms with E-state index in [-0.39, 0.29) is 17.9 Å². The molecule has 200 valence electrons. The molecule has 2 heterocycles. The predicted octanol–water partition coefficient (Wildman–Crippen LogP) is 7.02. The van der Waals surface area contributed by atoms with E-state index in [2.05, 4.69) is 15.5 Å². The predicted molar refractivity (Wildman–Crippen MR) is 159 cm³/mol. The molecule has 10 heteroatoms. The van der Waals surface area contributed by atoms with Crippen LogP contribution >= 0.6 is 35.0 Å². The third-order valence-electron chi connectivity index (χ3n) is 6.49. The van der Waals surface area contributed by atoms with Crippen LogP contribution in [0.2, 0.25) is 10.0 Å². The number of nitrogens with zero attached hydrogens (tertiary/aromatic N) is 2. The van der Waals surface area contributed by atoms with Crippen molar-refractivity contribution in [3.05, 3.63) is 99.2 Å². The van der Waals surface area contributed by atoms with Crippen molar-refractivity contribution in [3.8, 4) is 5.75 Å². The number of halogens is 2. The Labute approximate surface area is 241 Å². The van der Waals surface area contributed by atoms with Gasteiger partial charge in [-0.3, -0.25) is 9.59 Å². The lowest BCUT2D eigenvalue weighted by atomic mass is 9.93. The topological polar surface area (TPSA) is 83.0 Å². The quantitative estimate of drug-likeness (QED) is 0.327. The zero-order chi connectivity index (χ0) is 27.5. The van der Waals surface area contributed by atoms with E-state index in [1.807, 2.05) is 31.2 Å². The van der Waals surface area contributed by atoms with Gasteiger partial charge in [0.2, 0.25) is 0 Å². The van der Waals surface area contributed by atoms with E-state index in [0.717, 1.165) is 29.4 Å². The maximum Gasteiger partial charge on any atom is 0.255 e. The first-order valence-electron chi connectivity index (χ1n) is 12.3. The van der Waals surface area contributed by atoms with Crippen LogP contribution in [-0.4, -0.2) is 41.3 Å². The second-order valence-electron chi connectivity index (χ2n) is 9.08. The second-order valence-corrected chi connectivity index (χ2v) is 11.0. The van der Waals surface area contributed by atoms with Crippen LogP contribution in [0.3, 0.4) is 0 Å². The molecular weight excluding hydrogens is 555 g/mol. The number of amides is 2. The molecular formula is C29H26Cl2N4O3S. The molecule has 0 bridgehead atoms. The number of allylic oxidation sites excluding steroid dienone is 1. The van der Waals surface area contributed by atoms with Crippen molar-refractivity contribution in [1.82, 2.24) is 4.90 Å². The van der Waals surface area contributed by atoms with Crippen LogP contribution in [0, 0.1) is 0 Å². The van der Waals surface area contributed by atoms with E-state index in [1.165, 1.54) is 6.07 Å². The lowest BCUT2D eigenvalue weighted by molar-refractivity contribution is -0.113. The Morgan fingerprint density at radius 1 is 0.974 bits per heavy atom. The number of methoxy groups -OCH3 is 1. The average Bonchev–Trinajstić information content (AvgIpc) is 2.94. The first-order chi connectivity index (χ1) is 18.8. The fraction of sp³-hybridized carbons (Fsp3) is 0.207. The Kier molecular flexibility index (Phi) is 8.16. The molecule has 2 amide bonds. The van der Waals surface area contributed by atoms with Crippen LogP contribution < -0.4 is 15.4 Å². The molecule has 0 saturated carbocycles. The van der Waals surface area contributed by atoms with Crippen molar-refractivity contribution in [2.45, 2.75) is 19.4 Å². The van der Waals surface area contributed by atoms with E-state index in [0.29, 0.717) is 44.0 Å². The average molecular weight is 582 g/mol. The second kappa shape index (κ2) is 11.7. The van der Waals surface area contributed by atoms with E-state index in [9.17, 15) is 9.59 Å². The summed E-state index contributed by atoms with van der Waals surface area (Å²) in [5.74, 6) is 1.14. The number of fused-ring (bicyclic) bond motifs is 1. The van der Waals surface area contributed by atoms with Gasteiger partial charge in [-0.1, -0.05) is 47.1 Å². The van der Waals surface area contributed by atoms with E-state index < -0.39 is 0 Å². The number of carbonyl (C=O) groups excluding carboxylic acids is 2. The van der Waals surface area contributed by atoms with E-state index >= 15 is 0 Å². The van der Waals surface area contributed by atoms with Gasteiger partial charge in [0, 0.05) is 29.2 Å². The van der Waals surface area contributed by atoms with Crippen molar-refractivity contribution < 1.29 is 14.3 Å². The normalized spacial score (nSPS) is 16.8. The van der Waals surface area contributed by atoms with Gasteiger partial charge in [0.05, 0.1) is 34.5 Å². The van der Waals surface area contributed by atoms with Crippen molar-refractivity contribution >= 4 is 63.3 Å². The van der Waals surface area contributed by atoms with Crippen LogP contribution in [0.4, 0.5) is 11.4 Å². The number of amidine groups is 1. The number of aliphatic imine (C=N–C) groups is 1. The standard InChI is InChI=1S/C29H26Cl2N4O3S/c1-17-25(28(37)33-20-8-10-22(38-2)11-9-20)26(35-13-4-14-39-29(35)32-17)18-5-3-6-21(15-18)34-27(36)19-7-12-23(30)24(31)16-19/h3,5-12,15-16,26H,4,13-14H2,1-2H3,(H,33,37)(H,34,36)/t26-/m1/s1. The Morgan fingerprint density at radius 2 is 1.74 bits per heavy atom. The van der Waals surface area contributed by atoms with Gasteiger partial charge in [0.25, 0.3) is 11.8 Å². The molecule has 1 fully saturated rings. The fourth-order valence-electron chi connectivity index (χ4n) is 4.61. The number of carbonyl (C=O) groups is 2. The summed E-state index contributed by atoms with van der Waals surface area (Å²) < 4.78 is 5.23. The maximum atomic E-state index is 13.7. The molecule has 0 unspecified atom stereocenters. The van der Waals surface area contributed by atoms with Gasteiger partial charge in [-0.2, -0.15) is 0 Å².